The number of carbonyl (C=O) groups is 1. The van der Waals surface area contributed by atoms with Gasteiger partial charge >= 0.3 is 0 Å². The molecule has 3 rings (SSSR count). The molecule has 1 heterocycles. The molecule has 1 atom stereocenters. The van der Waals surface area contributed by atoms with Gasteiger partial charge in [0.15, 0.2) is 11.5 Å². The first-order chi connectivity index (χ1) is 12.1. The normalized spacial score (nSPS) is 12.1. The van der Waals surface area contributed by atoms with Crippen LogP contribution < -0.4 is 10.5 Å². The molecule has 2 aromatic carbocycles. The van der Waals surface area contributed by atoms with E-state index in [0.29, 0.717) is 12.2 Å². The zero-order valence-electron chi connectivity index (χ0n) is 14.0. The molecular formula is C20H20N2O3. The van der Waals surface area contributed by atoms with Crippen LogP contribution in [0.5, 0.6) is 11.5 Å². The molecule has 3 aromatic rings. The van der Waals surface area contributed by atoms with E-state index in [1.807, 2.05) is 24.3 Å². The lowest BCUT2D eigenvalue weighted by atomic mass is 9.90. The van der Waals surface area contributed by atoms with Crippen LogP contribution in [0.1, 0.15) is 17.0 Å². The van der Waals surface area contributed by atoms with Crippen molar-refractivity contribution >= 4 is 16.6 Å². The first-order valence-corrected chi connectivity index (χ1v) is 8.04. The maximum Gasteiger partial charge on any atom is 0.160 e. The van der Waals surface area contributed by atoms with Crippen LogP contribution in [0.4, 0.5) is 0 Å². The number of aromatic nitrogens is 1. The number of pyridine rings is 1. The second-order valence-electron chi connectivity index (χ2n) is 5.92. The Labute approximate surface area is 146 Å². The fourth-order valence-corrected chi connectivity index (χ4v) is 2.93. The minimum atomic E-state index is -0.442. The van der Waals surface area contributed by atoms with Crippen LogP contribution in [-0.2, 0) is 11.2 Å². The van der Waals surface area contributed by atoms with E-state index in [4.69, 9.17) is 10.5 Å². The summed E-state index contributed by atoms with van der Waals surface area (Å²) in [4.78, 5) is 16.9. The molecule has 0 amide bonds. The zero-order valence-corrected chi connectivity index (χ0v) is 14.0. The summed E-state index contributed by atoms with van der Waals surface area (Å²) in [7, 11) is 1.47. The Kier molecular flexibility index (Phi) is 4.95. The molecule has 128 valence electrons. The molecule has 0 saturated carbocycles. The number of aromatic hydroxyl groups is 1. The highest BCUT2D eigenvalue weighted by Crippen LogP contribution is 2.30. The maximum atomic E-state index is 12.8. The SMILES string of the molecule is COc1cc(C(CN)C(=O)Cc2ccc3cnccc3c2)ccc1O. The van der Waals surface area contributed by atoms with Crippen LogP contribution in [0.3, 0.4) is 0 Å². The first kappa shape index (κ1) is 16.9. The van der Waals surface area contributed by atoms with Crippen molar-refractivity contribution in [3.05, 3.63) is 66.0 Å². The Morgan fingerprint density at radius 3 is 2.80 bits per heavy atom. The second kappa shape index (κ2) is 7.32. The van der Waals surface area contributed by atoms with Gasteiger partial charge in [-0.3, -0.25) is 9.78 Å². The van der Waals surface area contributed by atoms with E-state index in [-0.39, 0.29) is 18.1 Å². The molecule has 0 saturated heterocycles. The lowest BCUT2D eigenvalue weighted by Gasteiger charge is -2.16. The van der Waals surface area contributed by atoms with Gasteiger partial charge in [-0.1, -0.05) is 24.3 Å². The fraction of sp³-hybridized carbons (Fsp3) is 0.200. The highest BCUT2D eigenvalue weighted by Gasteiger charge is 2.20. The van der Waals surface area contributed by atoms with Crippen molar-refractivity contribution in [2.75, 3.05) is 13.7 Å². The monoisotopic (exact) mass is 336 g/mol. The van der Waals surface area contributed by atoms with E-state index in [0.717, 1.165) is 21.9 Å². The van der Waals surface area contributed by atoms with Crippen molar-refractivity contribution in [3.63, 3.8) is 0 Å². The molecule has 0 aliphatic heterocycles. The number of rotatable bonds is 6. The van der Waals surface area contributed by atoms with E-state index < -0.39 is 5.92 Å². The third-order valence-electron chi connectivity index (χ3n) is 4.31. The minimum Gasteiger partial charge on any atom is -0.504 e. The van der Waals surface area contributed by atoms with Crippen LogP contribution in [-0.4, -0.2) is 29.5 Å². The number of hydrogen-bond donors (Lipinski definition) is 2. The Balaban J connectivity index is 1.84. The third kappa shape index (κ3) is 3.61. The molecule has 1 unspecified atom stereocenters. The zero-order chi connectivity index (χ0) is 17.8. The molecule has 3 N–H and O–H groups in total. The molecule has 0 aliphatic carbocycles. The van der Waals surface area contributed by atoms with Crippen LogP contribution >= 0.6 is 0 Å². The summed E-state index contributed by atoms with van der Waals surface area (Å²) in [5.74, 6) is -0.0362. The summed E-state index contributed by atoms with van der Waals surface area (Å²) in [6.07, 6.45) is 3.83. The number of phenols is 1. The van der Waals surface area contributed by atoms with Gasteiger partial charge in [0, 0.05) is 30.7 Å². The molecule has 1 aromatic heterocycles. The fourth-order valence-electron chi connectivity index (χ4n) is 2.93. The Hall–Kier alpha value is -2.92. The Morgan fingerprint density at radius 2 is 2.04 bits per heavy atom. The second-order valence-corrected chi connectivity index (χ2v) is 5.92. The number of ether oxygens (including phenoxy) is 1. The van der Waals surface area contributed by atoms with Gasteiger partial charge in [-0.2, -0.15) is 0 Å². The average Bonchev–Trinajstić information content (AvgIpc) is 2.63. The maximum absolute atomic E-state index is 12.8. The number of ketones is 1. The molecule has 0 spiro atoms. The van der Waals surface area contributed by atoms with E-state index in [1.165, 1.54) is 13.2 Å². The van der Waals surface area contributed by atoms with Gasteiger partial charge < -0.3 is 15.6 Å². The van der Waals surface area contributed by atoms with Crippen molar-refractivity contribution in [1.82, 2.24) is 4.98 Å². The number of Topliss-reactive ketones (excluding diaryl/α,β-unsaturated/α-hetero) is 1. The van der Waals surface area contributed by atoms with E-state index >= 15 is 0 Å². The number of hydrogen-bond acceptors (Lipinski definition) is 5. The number of methoxy groups -OCH3 is 1. The first-order valence-electron chi connectivity index (χ1n) is 8.04. The lowest BCUT2D eigenvalue weighted by Crippen LogP contribution is -2.23. The van der Waals surface area contributed by atoms with Gasteiger partial charge in [0.2, 0.25) is 0 Å². The molecule has 5 heteroatoms. The van der Waals surface area contributed by atoms with E-state index in [1.54, 1.807) is 24.5 Å². The van der Waals surface area contributed by atoms with Crippen molar-refractivity contribution in [1.29, 1.82) is 0 Å². The van der Waals surface area contributed by atoms with Gasteiger partial charge in [0.05, 0.1) is 13.0 Å². The summed E-state index contributed by atoms with van der Waals surface area (Å²) < 4.78 is 5.12. The average molecular weight is 336 g/mol. The number of nitrogens with zero attached hydrogens (tertiary/aromatic N) is 1. The number of phenolic OH excluding ortho intramolecular Hbond substituents is 1. The van der Waals surface area contributed by atoms with Crippen LogP contribution in [0.15, 0.2) is 54.9 Å². The molecule has 0 aliphatic rings. The number of fused-ring (bicyclic) bond motifs is 1. The van der Waals surface area contributed by atoms with E-state index in [2.05, 4.69) is 4.98 Å². The quantitative estimate of drug-likeness (QED) is 0.723. The minimum absolute atomic E-state index is 0.0312. The summed E-state index contributed by atoms with van der Waals surface area (Å²) in [5.41, 5.74) is 7.53. The van der Waals surface area contributed by atoms with Gasteiger partial charge in [0.1, 0.15) is 5.78 Å². The van der Waals surface area contributed by atoms with Crippen molar-refractivity contribution in [2.24, 2.45) is 5.73 Å². The largest absolute Gasteiger partial charge is 0.504 e. The summed E-state index contributed by atoms with van der Waals surface area (Å²) >= 11 is 0. The van der Waals surface area contributed by atoms with Crippen LogP contribution in [0, 0.1) is 0 Å². The molecule has 5 nitrogen and oxygen atoms in total. The molecule has 25 heavy (non-hydrogen) atoms. The number of carbonyl (C=O) groups excluding carboxylic acids is 1. The predicted octanol–water partition coefficient (Wildman–Crippen LogP) is 2.80. The van der Waals surface area contributed by atoms with Crippen molar-refractivity contribution < 1.29 is 14.6 Å². The predicted molar refractivity (Wildman–Crippen MR) is 96.9 cm³/mol. The third-order valence-corrected chi connectivity index (χ3v) is 4.31. The molecular weight excluding hydrogens is 316 g/mol. The number of benzene rings is 2. The van der Waals surface area contributed by atoms with E-state index in [9.17, 15) is 9.90 Å². The Bertz CT molecular complexity index is 908. The standard InChI is InChI=1S/C20H20N2O3/c1-25-20-10-15(4-5-18(20)23)17(11-21)19(24)9-13-2-3-16-12-22-7-6-14(16)8-13/h2-8,10,12,17,23H,9,11,21H2,1H3. The summed E-state index contributed by atoms with van der Waals surface area (Å²) in [6, 6.07) is 12.7. The van der Waals surface area contributed by atoms with Crippen molar-refractivity contribution in [2.45, 2.75) is 12.3 Å². The highest BCUT2D eigenvalue weighted by molar-refractivity contribution is 5.89. The molecule has 0 fully saturated rings. The van der Waals surface area contributed by atoms with Gasteiger partial charge in [-0.05, 0) is 34.7 Å². The Morgan fingerprint density at radius 1 is 1.20 bits per heavy atom. The summed E-state index contributed by atoms with van der Waals surface area (Å²) in [6.45, 7) is 0.199. The topological polar surface area (TPSA) is 85.4 Å². The molecule has 0 radical (unpaired) electrons. The number of nitrogens with two attached hydrogens (primary N) is 1. The van der Waals surface area contributed by atoms with Gasteiger partial charge in [0.25, 0.3) is 0 Å². The summed E-state index contributed by atoms with van der Waals surface area (Å²) in [5, 5.41) is 11.8. The lowest BCUT2D eigenvalue weighted by molar-refractivity contribution is -0.119. The smallest absolute Gasteiger partial charge is 0.160 e. The highest BCUT2D eigenvalue weighted by atomic mass is 16.5. The van der Waals surface area contributed by atoms with Gasteiger partial charge in [-0.15, -0.1) is 0 Å². The van der Waals surface area contributed by atoms with Gasteiger partial charge in [-0.25, -0.2) is 0 Å². The molecule has 0 bridgehead atoms. The van der Waals surface area contributed by atoms with Crippen molar-refractivity contribution in [3.8, 4) is 11.5 Å². The van der Waals surface area contributed by atoms with Crippen LogP contribution in [0.2, 0.25) is 0 Å². The van der Waals surface area contributed by atoms with Crippen LogP contribution in [0.25, 0.3) is 10.8 Å².